The predicted molar refractivity (Wildman–Crippen MR) is 111 cm³/mol. The maximum atomic E-state index is 5.34. The molecule has 1 aliphatic heterocycles. The predicted octanol–water partition coefficient (Wildman–Crippen LogP) is 4.52. The summed E-state index contributed by atoms with van der Waals surface area (Å²) in [5.74, 6) is 0. The van der Waals surface area contributed by atoms with E-state index in [4.69, 9.17) is 4.84 Å². The molecule has 0 N–H and O–H groups in total. The molecule has 1 unspecified atom stereocenters. The Balaban J connectivity index is 0.000000206. The summed E-state index contributed by atoms with van der Waals surface area (Å²) in [6, 6.07) is 20.0. The van der Waals surface area contributed by atoms with Gasteiger partial charge in [-0.3, -0.25) is 4.90 Å². The van der Waals surface area contributed by atoms with E-state index in [9.17, 15) is 0 Å². The van der Waals surface area contributed by atoms with E-state index in [-0.39, 0.29) is 12.4 Å². The van der Waals surface area contributed by atoms with Gasteiger partial charge in [0.1, 0.15) is 0 Å². The van der Waals surface area contributed by atoms with Gasteiger partial charge in [0.15, 0.2) is 0 Å². The van der Waals surface area contributed by atoms with E-state index in [1.807, 2.05) is 5.06 Å². The van der Waals surface area contributed by atoms with Gasteiger partial charge in [-0.2, -0.15) is 5.06 Å². The number of piperazine rings is 1. The molecule has 142 valence electrons. The highest BCUT2D eigenvalue weighted by atomic mass is 35.5. The monoisotopic (exact) mass is 374 g/mol. The molecule has 1 aliphatic carbocycles. The summed E-state index contributed by atoms with van der Waals surface area (Å²) in [6.07, 6.45) is 3.92. The van der Waals surface area contributed by atoms with Gasteiger partial charge in [0.2, 0.25) is 0 Å². The maximum absolute atomic E-state index is 5.34. The topological polar surface area (TPSA) is 15.7 Å². The molecule has 0 radical (unpaired) electrons. The fourth-order valence-corrected chi connectivity index (χ4v) is 3.77. The lowest BCUT2D eigenvalue weighted by Gasteiger charge is -2.40. The lowest BCUT2D eigenvalue weighted by Crippen LogP contribution is -2.47. The Labute approximate surface area is 164 Å². The Morgan fingerprint density at radius 3 is 2.23 bits per heavy atom. The molecule has 1 heterocycles. The zero-order valence-corrected chi connectivity index (χ0v) is 16.8. The van der Waals surface area contributed by atoms with Crippen LogP contribution in [0.4, 0.5) is 0 Å². The van der Waals surface area contributed by atoms with Crippen molar-refractivity contribution in [1.29, 1.82) is 0 Å². The second-order valence-electron chi connectivity index (χ2n) is 6.80. The van der Waals surface area contributed by atoms with E-state index in [0.29, 0.717) is 6.04 Å². The molecule has 0 spiro atoms. The summed E-state index contributed by atoms with van der Waals surface area (Å²) >= 11 is 0. The van der Waals surface area contributed by atoms with Crippen LogP contribution in [0.25, 0.3) is 0 Å². The number of fused-ring (bicyclic) bond motifs is 2. The van der Waals surface area contributed by atoms with E-state index in [2.05, 4.69) is 66.4 Å². The minimum Gasteiger partial charge on any atom is -0.302 e. The van der Waals surface area contributed by atoms with Gasteiger partial charge >= 0.3 is 0 Å². The smallest absolute Gasteiger partial charge is 0.0575 e. The summed E-state index contributed by atoms with van der Waals surface area (Å²) in [5, 5.41) is 2.05. The van der Waals surface area contributed by atoms with Crippen molar-refractivity contribution in [2.24, 2.45) is 0 Å². The molecule has 2 bridgehead atoms. The molecule has 1 atom stereocenters. The number of nitrogens with zero attached hydrogens (tertiary/aromatic N) is 2. The van der Waals surface area contributed by atoms with Gasteiger partial charge in [-0.15, -0.1) is 12.4 Å². The number of halogens is 1. The lowest BCUT2D eigenvalue weighted by atomic mass is 9.96. The van der Waals surface area contributed by atoms with Crippen LogP contribution in [0.15, 0.2) is 54.6 Å². The van der Waals surface area contributed by atoms with Crippen molar-refractivity contribution in [3.63, 3.8) is 0 Å². The number of rotatable bonds is 3. The molecule has 2 aliphatic rings. The maximum Gasteiger partial charge on any atom is 0.0575 e. The van der Waals surface area contributed by atoms with Crippen molar-refractivity contribution in [1.82, 2.24) is 9.96 Å². The minimum absolute atomic E-state index is 0. The molecule has 3 nitrogen and oxygen atoms in total. The highest BCUT2D eigenvalue weighted by molar-refractivity contribution is 5.85. The summed E-state index contributed by atoms with van der Waals surface area (Å²) in [6.45, 7) is 6.33. The molecule has 4 rings (SSSR count). The van der Waals surface area contributed by atoms with Crippen LogP contribution < -0.4 is 0 Å². The van der Waals surface area contributed by atoms with E-state index in [1.54, 1.807) is 7.11 Å². The van der Waals surface area contributed by atoms with Crippen LogP contribution in [0.3, 0.4) is 0 Å². The highest BCUT2D eigenvalue weighted by Crippen LogP contribution is 2.24. The standard InChI is InChI=1S/C13H20N2O.C9H10.ClH/c1-3-14-9-10-15(16-2)11-13(14)12-7-5-4-6-8-12;1-3-8-5-2-6-9(4-1)7-8;/h4-8,13H,3,9-11H2,1-2H3;1,3-4,7H,2,5-6H2;1H. The summed E-state index contributed by atoms with van der Waals surface area (Å²) in [4.78, 5) is 7.85. The van der Waals surface area contributed by atoms with Crippen molar-refractivity contribution in [3.05, 3.63) is 71.3 Å². The van der Waals surface area contributed by atoms with E-state index in [1.165, 1.54) is 36.0 Å². The van der Waals surface area contributed by atoms with Gasteiger partial charge in [0, 0.05) is 25.7 Å². The first-order chi connectivity index (χ1) is 12.3. The van der Waals surface area contributed by atoms with E-state index in [0.717, 1.165) is 26.2 Å². The Morgan fingerprint density at radius 1 is 0.962 bits per heavy atom. The van der Waals surface area contributed by atoms with Crippen molar-refractivity contribution in [2.75, 3.05) is 33.3 Å². The molecule has 2 aromatic carbocycles. The van der Waals surface area contributed by atoms with Crippen LogP contribution in [0.2, 0.25) is 0 Å². The Morgan fingerprint density at radius 2 is 1.65 bits per heavy atom. The quantitative estimate of drug-likeness (QED) is 0.785. The zero-order chi connectivity index (χ0) is 17.5. The number of hydrogen-bond acceptors (Lipinski definition) is 3. The Bertz CT molecular complexity index is 630. The summed E-state index contributed by atoms with van der Waals surface area (Å²) in [5.41, 5.74) is 4.41. The molecule has 26 heavy (non-hydrogen) atoms. The van der Waals surface area contributed by atoms with Crippen LogP contribution in [0.5, 0.6) is 0 Å². The highest BCUT2D eigenvalue weighted by Gasteiger charge is 2.26. The Kier molecular flexibility index (Phi) is 8.60. The largest absolute Gasteiger partial charge is 0.302 e. The van der Waals surface area contributed by atoms with Crippen molar-refractivity contribution < 1.29 is 4.84 Å². The molecule has 1 fully saturated rings. The third kappa shape index (κ3) is 5.55. The number of aryl methyl sites for hydroxylation is 2. The minimum atomic E-state index is 0. The van der Waals surface area contributed by atoms with Crippen LogP contribution in [0.1, 0.15) is 36.1 Å². The fourth-order valence-electron chi connectivity index (χ4n) is 3.77. The van der Waals surface area contributed by atoms with Crippen LogP contribution >= 0.6 is 12.4 Å². The first-order valence-corrected chi connectivity index (χ1v) is 9.46. The normalized spacial score (nSPS) is 19.8. The van der Waals surface area contributed by atoms with Gasteiger partial charge in [0.25, 0.3) is 0 Å². The van der Waals surface area contributed by atoms with Crippen LogP contribution in [-0.2, 0) is 17.7 Å². The van der Waals surface area contributed by atoms with Gasteiger partial charge in [-0.05, 0) is 42.5 Å². The summed E-state index contributed by atoms with van der Waals surface area (Å²) in [7, 11) is 1.75. The van der Waals surface area contributed by atoms with Gasteiger partial charge < -0.3 is 4.84 Å². The number of benzene rings is 2. The third-order valence-corrected chi connectivity index (χ3v) is 5.22. The molecule has 0 amide bonds. The SMILES string of the molecule is CCN1CCN(OC)CC1c1ccccc1.Cl.c1cc2cc(c1)CCC2. The fraction of sp³-hybridized carbons (Fsp3) is 0.455. The third-order valence-electron chi connectivity index (χ3n) is 5.22. The Hall–Kier alpha value is -1.39. The van der Waals surface area contributed by atoms with Crippen molar-refractivity contribution >= 4 is 12.4 Å². The van der Waals surface area contributed by atoms with Crippen molar-refractivity contribution in [3.8, 4) is 0 Å². The molecule has 0 saturated carbocycles. The first kappa shape index (κ1) is 20.9. The number of likely N-dealkylation sites (N-methyl/N-ethyl adjacent to an activating group) is 1. The molecule has 4 heteroatoms. The molecular formula is C22H31ClN2O. The van der Waals surface area contributed by atoms with E-state index >= 15 is 0 Å². The molecule has 0 aromatic heterocycles. The van der Waals surface area contributed by atoms with Gasteiger partial charge in [-0.25, -0.2) is 0 Å². The van der Waals surface area contributed by atoms with Gasteiger partial charge in [0.05, 0.1) is 7.11 Å². The van der Waals surface area contributed by atoms with Crippen LogP contribution in [-0.4, -0.2) is 43.3 Å². The lowest BCUT2D eigenvalue weighted by molar-refractivity contribution is -0.165. The number of hydrogen-bond donors (Lipinski definition) is 0. The average molecular weight is 375 g/mol. The molecular weight excluding hydrogens is 344 g/mol. The second-order valence-corrected chi connectivity index (χ2v) is 6.80. The zero-order valence-electron chi connectivity index (χ0n) is 15.9. The number of hydroxylamine groups is 2. The first-order valence-electron chi connectivity index (χ1n) is 9.46. The van der Waals surface area contributed by atoms with Crippen molar-refractivity contribution in [2.45, 2.75) is 32.2 Å². The second kappa shape index (κ2) is 10.7. The van der Waals surface area contributed by atoms with Gasteiger partial charge in [-0.1, -0.05) is 61.5 Å². The van der Waals surface area contributed by atoms with E-state index < -0.39 is 0 Å². The molecule has 2 aromatic rings. The van der Waals surface area contributed by atoms with Crippen LogP contribution in [0, 0.1) is 0 Å². The molecule has 1 saturated heterocycles. The average Bonchev–Trinajstić information content (AvgIpc) is 2.69. The summed E-state index contributed by atoms with van der Waals surface area (Å²) < 4.78 is 0.